The highest BCUT2D eigenvalue weighted by atomic mass is 35.5. The van der Waals surface area contributed by atoms with Gasteiger partial charge in [-0.3, -0.25) is 4.79 Å². The minimum absolute atomic E-state index is 0.177. The lowest BCUT2D eigenvalue weighted by Gasteiger charge is -2.19. The molecule has 0 fully saturated rings. The molecular weight excluding hydrogens is 300 g/mol. The number of para-hydroxylation sites is 1. The Bertz CT molecular complexity index is 639. The van der Waals surface area contributed by atoms with Crippen LogP contribution >= 0.6 is 35.2 Å². The van der Waals surface area contributed by atoms with E-state index in [4.69, 9.17) is 29.6 Å². The number of thiophene rings is 1. The van der Waals surface area contributed by atoms with Crippen LogP contribution in [0.3, 0.4) is 0 Å². The summed E-state index contributed by atoms with van der Waals surface area (Å²) in [5.74, 6) is -0.177. The van der Waals surface area contributed by atoms with Gasteiger partial charge < -0.3 is 10.6 Å². The molecular formula is C13H11ClN2OS2. The van der Waals surface area contributed by atoms with Gasteiger partial charge in [0.1, 0.15) is 9.87 Å². The maximum Gasteiger partial charge on any atom is 0.269 e. The number of hydrogen-bond donors (Lipinski definition) is 1. The molecule has 2 aromatic rings. The van der Waals surface area contributed by atoms with E-state index in [2.05, 4.69) is 0 Å². The highest BCUT2D eigenvalue weighted by Crippen LogP contribution is 2.27. The molecule has 3 nitrogen and oxygen atoms in total. The summed E-state index contributed by atoms with van der Waals surface area (Å²) in [4.78, 5) is 14.6. The Morgan fingerprint density at radius 1 is 1.37 bits per heavy atom. The van der Waals surface area contributed by atoms with Crippen molar-refractivity contribution in [1.29, 1.82) is 0 Å². The number of amides is 1. The van der Waals surface area contributed by atoms with Crippen LogP contribution in [-0.2, 0) is 0 Å². The Morgan fingerprint density at radius 3 is 2.63 bits per heavy atom. The van der Waals surface area contributed by atoms with E-state index in [0.29, 0.717) is 21.2 Å². The molecule has 2 N–H and O–H groups in total. The van der Waals surface area contributed by atoms with Gasteiger partial charge in [-0.05, 0) is 23.6 Å². The molecule has 1 amide bonds. The first-order valence-electron chi connectivity index (χ1n) is 5.42. The molecule has 0 radical (unpaired) electrons. The number of carbonyl (C=O) groups is 1. The lowest BCUT2D eigenvalue weighted by Crippen LogP contribution is -2.28. The molecule has 1 heterocycles. The molecule has 19 heavy (non-hydrogen) atoms. The molecule has 98 valence electrons. The van der Waals surface area contributed by atoms with Crippen LogP contribution in [0.1, 0.15) is 15.2 Å². The number of carbonyl (C=O) groups excluding carboxylic acids is 1. The third kappa shape index (κ3) is 2.78. The second-order valence-corrected chi connectivity index (χ2v) is 5.61. The van der Waals surface area contributed by atoms with E-state index in [1.54, 1.807) is 30.6 Å². The molecule has 0 unspecified atom stereocenters. The van der Waals surface area contributed by atoms with E-state index in [0.717, 1.165) is 0 Å². The minimum Gasteiger partial charge on any atom is -0.389 e. The smallest absolute Gasteiger partial charge is 0.269 e. The summed E-state index contributed by atoms with van der Waals surface area (Å²) in [6.45, 7) is 0. The predicted octanol–water partition coefficient (Wildman–Crippen LogP) is 3.31. The summed E-state index contributed by atoms with van der Waals surface area (Å²) in [7, 11) is 1.68. The molecule has 0 spiro atoms. The van der Waals surface area contributed by atoms with E-state index in [9.17, 15) is 4.79 Å². The summed E-state index contributed by atoms with van der Waals surface area (Å²) in [5, 5.41) is 2.23. The third-order valence-electron chi connectivity index (χ3n) is 2.65. The molecule has 0 aliphatic carbocycles. The molecule has 0 atom stereocenters. The summed E-state index contributed by atoms with van der Waals surface area (Å²) in [6, 6.07) is 8.95. The molecule has 1 aromatic carbocycles. The number of nitrogens with two attached hydrogens (primary N) is 1. The normalized spacial score (nSPS) is 10.2. The Kier molecular flexibility index (Phi) is 4.19. The average molecular weight is 311 g/mol. The molecule has 0 saturated carbocycles. The van der Waals surface area contributed by atoms with Crippen LogP contribution in [0.5, 0.6) is 0 Å². The van der Waals surface area contributed by atoms with Gasteiger partial charge in [0.25, 0.3) is 5.91 Å². The van der Waals surface area contributed by atoms with Gasteiger partial charge in [0.05, 0.1) is 10.7 Å². The first-order valence-corrected chi connectivity index (χ1v) is 7.09. The molecule has 1 aromatic heterocycles. The van der Waals surface area contributed by atoms with Crippen LogP contribution in [0.2, 0.25) is 5.02 Å². The summed E-state index contributed by atoms with van der Waals surface area (Å²) < 4.78 is 0. The summed E-state index contributed by atoms with van der Waals surface area (Å²) in [6.07, 6.45) is 0. The highest BCUT2D eigenvalue weighted by Gasteiger charge is 2.20. The maximum absolute atomic E-state index is 12.4. The standard InChI is InChI=1S/C13H11ClN2OS2/c1-16(13(17)11-9(14)6-7-19-11)10-5-3-2-4-8(10)12(15)18/h2-7H,1H3,(H2,15,18). The van der Waals surface area contributed by atoms with Crippen molar-refractivity contribution < 1.29 is 4.79 Å². The number of benzene rings is 1. The van der Waals surface area contributed by atoms with Gasteiger partial charge in [0, 0.05) is 12.6 Å². The van der Waals surface area contributed by atoms with Gasteiger partial charge in [-0.15, -0.1) is 11.3 Å². The van der Waals surface area contributed by atoms with Crippen molar-refractivity contribution in [3.8, 4) is 0 Å². The number of nitrogens with zero attached hydrogens (tertiary/aromatic N) is 1. The van der Waals surface area contributed by atoms with Crippen LogP contribution in [-0.4, -0.2) is 17.9 Å². The fourth-order valence-corrected chi connectivity index (χ4v) is 2.97. The Morgan fingerprint density at radius 2 is 2.05 bits per heavy atom. The predicted molar refractivity (Wildman–Crippen MR) is 84.4 cm³/mol. The van der Waals surface area contributed by atoms with Gasteiger partial charge in [0.15, 0.2) is 0 Å². The SMILES string of the molecule is CN(C(=O)c1sccc1Cl)c1ccccc1C(N)=S. The van der Waals surface area contributed by atoms with Crippen molar-refractivity contribution >= 4 is 51.7 Å². The molecule has 6 heteroatoms. The third-order valence-corrected chi connectivity index (χ3v) is 4.20. The van der Waals surface area contributed by atoms with Crippen molar-refractivity contribution in [2.24, 2.45) is 5.73 Å². The Labute approximate surface area is 125 Å². The number of rotatable bonds is 3. The van der Waals surface area contributed by atoms with Crippen molar-refractivity contribution in [3.05, 3.63) is 51.2 Å². The zero-order valence-corrected chi connectivity index (χ0v) is 12.5. The van der Waals surface area contributed by atoms with Crippen LogP contribution in [0.25, 0.3) is 0 Å². The molecule has 2 rings (SSSR count). The van der Waals surface area contributed by atoms with Crippen LogP contribution in [0.15, 0.2) is 35.7 Å². The number of thiocarbonyl (C=S) groups is 1. The first kappa shape index (κ1) is 14.0. The average Bonchev–Trinajstić information content (AvgIpc) is 2.83. The van der Waals surface area contributed by atoms with Crippen molar-refractivity contribution in [1.82, 2.24) is 0 Å². The van der Waals surface area contributed by atoms with Gasteiger partial charge in [-0.2, -0.15) is 0 Å². The monoisotopic (exact) mass is 310 g/mol. The van der Waals surface area contributed by atoms with Gasteiger partial charge in [-0.1, -0.05) is 36.0 Å². The van der Waals surface area contributed by atoms with Crippen molar-refractivity contribution in [3.63, 3.8) is 0 Å². The van der Waals surface area contributed by atoms with E-state index in [-0.39, 0.29) is 10.9 Å². The molecule has 0 aliphatic rings. The quantitative estimate of drug-likeness (QED) is 0.885. The zero-order chi connectivity index (χ0) is 14.0. The second kappa shape index (κ2) is 5.69. The van der Waals surface area contributed by atoms with Gasteiger partial charge in [-0.25, -0.2) is 0 Å². The van der Waals surface area contributed by atoms with Crippen LogP contribution < -0.4 is 10.6 Å². The van der Waals surface area contributed by atoms with E-state index in [1.807, 2.05) is 12.1 Å². The Balaban J connectivity index is 2.40. The fraction of sp³-hybridized carbons (Fsp3) is 0.0769. The molecule has 0 saturated heterocycles. The lowest BCUT2D eigenvalue weighted by molar-refractivity contribution is 0.0997. The minimum atomic E-state index is -0.177. The topological polar surface area (TPSA) is 46.3 Å². The molecule has 0 aliphatic heterocycles. The second-order valence-electron chi connectivity index (χ2n) is 3.84. The van der Waals surface area contributed by atoms with E-state index in [1.165, 1.54) is 16.2 Å². The summed E-state index contributed by atoms with van der Waals surface area (Å²) in [5.41, 5.74) is 7.01. The van der Waals surface area contributed by atoms with E-state index >= 15 is 0 Å². The van der Waals surface area contributed by atoms with E-state index < -0.39 is 0 Å². The largest absolute Gasteiger partial charge is 0.389 e. The van der Waals surface area contributed by atoms with Gasteiger partial charge in [0.2, 0.25) is 0 Å². The van der Waals surface area contributed by atoms with Crippen LogP contribution in [0.4, 0.5) is 5.69 Å². The first-order chi connectivity index (χ1) is 9.02. The van der Waals surface area contributed by atoms with Crippen molar-refractivity contribution in [2.45, 2.75) is 0 Å². The lowest BCUT2D eigenvalue weighted by atomic mass is 10.1. The Hall–Kier alpha value is -1.43. The van der Waals surface area contributed by atoms with Gasteiger partial charge >= 0.3 is 0 Å². The van der Waals surface area contributed by atoms with Crippen molar-refractivity contribution in [2.75, 3.05) is 11.9 Å². The molecule has 0 bridgehead atoms. The maximum atomic E-state index is 12.4. The zero-order valence-electron chi connectivity index (χ0n) is 10.1. The highest BCUT2D eigenvalue weighted by molar-refractivity contribution is 7.80. The number of halogens is 1. The summed E-state index contributed by atoms with van der Waals surface area (Å²) >= 11 is 12.3. The van der Waals surface area contributed by atoms with Crippen LogP contribution in [0, 0.1) is 0 Å². The number of hydrogen-bond acceptors (Lipinski definition) is 3. The number of anilines is 1. The fourth-order valence-electron chi connectivity index (χ4n) is 1.68.